The first kappa shape index (κ1) is 18.2. The van der Waals surface area contributed by atoms with E-state index in [9.17, 15) is 4.79 Å². The summed E-state index contributed by atoms with van der Waals surface area (Å²) in [6, 6.07) is 19.2. The van der Waals surface area contributed by atoms with Crippen LogP contribution in [0.4, 0.5) is 5.82 Å². The van der Waals surface area contributed by atoms with Crippen LogP contribution in [0.2, 0.25) is 0 Å². The fraction of sp³-hybridized carbons (Fsp3) is 0.227. The van der Waals surface area contributed by atoms with Crippen molar-refractivity contribution in [2.75, 3.05) is 18.0 Å². The van der Waals surface area contributed by atoms with Gasteiger partial charge in [0.05, 0.1) is 0 Å². The summed E-state index contributed by atoms with van der Waals surface area (Å²) < 4.78 is 1.78. The molecule has 1 saturated heterocycles. The molecule has 8 heteroatoms. The molecule has 0 bridgehead atoms. The third-order valence-corrected chi connectivity index (χ3v) is 5.26. The van der Waals surface area contributed by atoms with Crippen LogP contribution in [0.1, 0.15) is 23.3 Å². The van der Waals surface area contributed by atoms with Crippen molar-refractivity contribution in [2.45, 2.75) is 18.9 Å². The summed E-state index contributed by atoms with van der Waals surface area (Å²) in [5.74, 6) is 1.41. The molecule has 1 fully saturated rings. The van der Waals surface area contributed by atoms with Gasteiger partial charge in [-0.25, -0.2) is 0 Å². The van der Waals surface area contributed by atoms with Gasteiger partial charge in [-0.05, 0) is 37.1 Å². The van der Waals surface area contributed by atoms with E-state index in [1.165, 1.54) is 0 Å². The van der Waals surface area contributed by atoms with Crippen molar-refractivity contribution in [1.29, 1.82) is 0 Å². The molecule has 0 aliphatic carbocycles. The van der Waals surface area contributed by atoms with E-state index >= 15 is 0 Å². The van der Waals surface area contributed by atoms with Crippen LogP contribution in [0.25, 0.3) is 17.0 Å². The predicted octanol–water partition coefficient (Wildman–Crippen LogP) is 2.59. The predicted molar refractivity (Wildman–Crippen MR) is 113 cm³/mol. The maximum atomic E-state index is 12.5. The van der Waals surface area contributed by atoms with Gasteiger partial charge in [0, 0.05) is 30.9 Å². The quantitative estimate of drug-likeness (QED) is 0.567. The van der Waals surface area contributed by atoms with Gasteiger partial charge < -0.3 is 10.2 Å². The Balaban J connectivity index is 1.36. The van der Waals surface area contributed by atoms with E-state index in [4.69, 9.17) is 5.10 Å². The van der Waals surface area contributed by atoms with Gasteiger partial charge in [-0.15, -0.1) is 15.3 Å². The molecule has 1 aromatic carbocycles. The largest absolute Gasteiger partial charge is 0.353 e. The fourth-order valence-corrected chi connectivity index (χ4v) is 3.77. The Kier molecular flexibility index (Phi) is 4.80. The number of carbonyl (C=O) groups excluding carboxylic acids is 1. The van der Waals surface area contributed by atoms with Crippen LogP contribution in [-0.4, -0.2) is 49.8 Å². The zero-order chi connectivity index (χ0) is 20.3. The van der Waals surface area contributed by atoms with E-state index in [-0.39, 0.29) is 11.9 Å². The number of carbonyl (C=O) groups is 1. The number of anilines is 1. The number of amides is 1. The number of hydrogen-bond acceptors (Lipinski definition) is 6. The van der Waals surface area contributed by atoms with E-state index in [2.05, 4.69) is 25.4 Å². The van der Waals surface area contributed by atoms with Gasteiger partial charge in [-0.1, -0.05) is 36.4 Å². The summed E-state index contributed by atoms with van der Waals surface area (Å²) in [7, 11) is 0. The van der Waals surface area contributed by atoms with Gasteiger partial charge in [0.1, 0.15) is 11.5 Å². The Morgan fingerprint density at radius 3 is 2.70 bits per heavy atom. The molecule has 1 N–H and O–H groups in total. The van der Waals surface area contributed by atoms with Crippen molar-refractivity contribution in [1.82, 2.24) is 30.1 Å². The lowest BCUT2D eigenvalue weighted by Crippen LogP contribution is -2.48. The molecule has 0 spiro atoms. The normalized spacial score (nSPS) is 16.5. The first-order chi connectivity index (χ1) is 14.8. The number of nitrogens with one attached hydrogen (secondary N) is 1. The van der Waals surface area contributed by atoms with Gasteiger partial charge >= 0.3 is 0 Å². The second-order valence-corrected chi connectivity index (χ2v) is 7.32. The zero-order valence-electron chi connectivity index (χ0n) is 16.3. The Hall–Kier alpha value is -3.81. The van der Waals surface area contributed by atoms with Crippen molar-refractivity contribution in [3.63, 3.8) is 0 Å². The average Bonchev–Trinajstić information content (AvgIpc) is 3.24. The summed E-state index contributed by atoms with van der Waals surface area (Å²) in [6.07, 6.45) is 3.53. The molecule has 0 radical (unpaired) electrons. The molecule has 1 aliphatic heterocycles. The highest BCUT2D eigenvalue weighted by Crippen LogP contribution is 2.21. The van der Waals surface area contributed by atoms with Gasteiger partial charge in [-0.3, -0.25) is 9.78 Å². The molecule has 3 aromatic heterocycles. The number of hydrogen-bond donors (Lipinski definition) is 1. The molecule has 4 heterocycles. The average molecular weight is 399 g/mol. The van der Waals surface area contributed by atoms with Crippen LogP contribution in [0, 0.1) is 0 Å². The minimum atomic E-state index is -0.143. The Morgan fingerprint density at radius 2 is 1.87 bits per heavy atom. The lowest BCUT2D eigenvalue weighted by molar-refractivity contribution is 0.0928. The molecule has 30 heavy (non-hydrogen) atoms. The number of piperidine rings is 1. The van der Waals surface area contributed by atoms with E-state index in [0.29, 0.717) is 23.7 Å². The highest BCUT2D eigenvalue weighted by Gasteiger charge is 2.24. The van der Waals surface area contributed by atoms with Crippen LogP contribution in [0.15, 0.2) is 66.9 Å². The first-order valence-corrected chi connectivity index (χ1v) is 10.0. The van der Waals surface area contributed by atoms with E-state index in [1.807, 2.05) is 48.5 Å². The van der Waals surface area contributed by atoms with Crippen molar-refractivity contribution < 1.29 is 4.79 Å². The zero-order valence-corrected chi connectivity index (χ0v) is 16.3. The maximum absolute atomic E-state index is 12.5. The molecule has 8 nitrogen and oxygen atoms in total. The number of nitrogens with zero attached hydrogens (tertiary/aromatic N) is 6. The number of fused-ring (bicyclic) bond motifs is 1. The molecule has 1 aliphatic rings. The van der Waals surface area contributed by atoms with Crippen LogP contribution in [-0.2, 0) is 0 Å². The molecule has 1 atom stereocenters. The Morgan fingerprint density at radius 1 is 1.00 bits per heavy atom. The lowest BCUT2D eigenvalue weighted by Gasteiger charge is -2.33. The van der Waals surface area contributed by atoms with Crippen LogP contribution in [0.3, 0.4) is 0 Å². The summed E-state index contributed by atoms with van der Waals surface area (Å²) in [6.45, 7) is 1.58. The number of pyridine rings is 1. The maximum Gasteiger partial charge on any atom is 0.270 e. The molecule has 5 rings (SSSR count). The Labute approximate surface area is 173 Å². The number of aromatic nitrogens is 5. The summed E-state index contributed by atoms with van der Waals surface area (Å²) in [5.41, 5.74) is 2.11. The third kappa shape index (κ3) is 3.59. The molecular formula is C22H21N7O. The second-order valence-electron chi connectivity index (χ2n) is 7.32. The minimum Gasteiger partial charge on any atom is -0.353 e. The van der Waals surface area contributed by atoms with Crippen molar-refractivity contribution in [2.24, 2.45) is 0 Å². The Bertz CT molecular complexity index is 1160. The van der Waals surface area contributed by atoms with E-state index in [0.717, 1.165) is 30.8 Å². The van der Waals surface area contributed by atoms with Crippen molar-refractivity contribution in [3.8, 4) is 11.4 Å². The highest BCUT2D eigenvalue weighted by molar-refractivity contribution is 5.92. The van der Waals surface area contributed by atoms with Gasteiger partial charge in [0.25, 0.3) is 5.91 Å². The smallest absolute Gasteiger partial charge is 0.270 e. The summed E-state index contributed by atoms with van der Waals surface area (Å²) >= 11 is 0. The van der Waals surface area contributed by atoms with E-state index in [1.54, 1.807) is 22.8 Å². The first-order valence-electron chi connectivity index (χ1n) is 10.0. The molecule has 150 valence electrons. The summed E-state index contributed by atoms with van der Waals surface area (Å²) in [4.78, 5) is 18.8. The molecular weight excluding hydrogens is 378 g/mol. The fourth-order valence-electron chi connectivity index (χ4n) is 3.77. The monoisotopic (exact) mass is 399 g/mol. The minimum absolute atomic E-state index is 0.0419. The molecule has 1 unspecified atom stereocenters. The van der Waals surface area contributed by atoms with Crippen LogP contribution in [0.5, 0.6) is 0 Å². The summed E-state index contributed by atoms with van der Waals surface area (Å²) in [5, 5.41) is 16.4. The van der Waals surface area contributed by atoms with Crippen molar-refractivity contribution >= 4 is 17.4 Å². The lowest BCUT2D eigenvalue weighted by atomic mass is 10.1. The standard InChI is InChI=1S/C22H21N7O/c30-22(18-10-4-5-13-23-18)24-17-9-6-14-28(15-17)20-12-11-19-25-26-21(29(19)27-20)16-7-2-1-3-8-16/h1-5,7-8,10-13,17H,6,9,14-15H2,(H,24,30). The van der Waals surface area contributed by atoms with Gasteiger partial charge in [0.15, 0.2) is 11.5 Å². The SMILES string of the molecule is O=C(NC1CCCN(c2ccc3nnc(-c4ccccc4)n3n2)C1)c1ccccn1. The van der Waals surface area contributed by atoms with E-state index < -0.39 is 0 Å². The third-order valence-electron chi connectivity index (χ3n) is 5.26. The molecule has 1 amide bonds. The van der Waals surface area contributed by atoms with Crippen molar-refractivity contribution in [3.05, 3.63) is 72.6 Å². The van der Waals surface area contributed by atoms with Crippen LogP contribution < -0.4 is 10.2 Å². The molecule has 0 saturated carbocycles. The topological polar surface area (TPSA) is 88.3 Å². The highest BCUT2D eigenvalue weighted by atomic mass is 16.1. The van der Waals surface area contributed by atoms with Gasteiger partial charge in [-0.2, -0.15) is 4.52 Å². The molecule has 4 aromatic rings. The van der Waals surface area contributed by atoms with Crippen LogP contribution >= 0.6 is 0 Å². The number of rotatable bonds is 4. The second kappa shape index (κ2) is 7.90. The van der Waals surface area contributed by atoms with Gasteiger partial charge in [0.2, 0.25) is 0 Å². The number of benzene rings is 1.